The van der Waals surface area contributed by atoms with Gasteiger partial charge in [-0.25, -0.2) is 4.79 Å². The van der Waals surface area contributed by atoms with Crippen LogP contribution in [0.4, 0.5) is 23.7 Å². The molecule has 1 aromatic rings. The molecule has 0 spiro atoms. The molecule has 1 N–H and O–H groups in total. The molecule has 0 aliphatic rings. The highest BCUT2D eigenvalue weighted by molar-refractivity contribution is 9.09. The van der Waals surface area contributed by atoms with E-state index >= 15 is 0 Å². The van der Waals surface area contributed by atoms with Crippen molar-refractivity contribution < 1.29 is 18.0 Å². The van der Waals surface area contributed by atoms with Crippen molar-refractivity contribution in [3.8, 4) is 0 Å². The van der Waals surface area contributed by atoms with Gasteiger partial charge >= 0.3 is 12.2 Å². The Morgan fingerprint density at radius 2 is 1.89 bits per heavy atom. The summed E-state index contributed by atoms with van der Waals surface area (Å²) < 4.78 is 37.0. The molecule has 0 fully saturated rings. The largest absolute Gasteiger partial charge is 0.416 e. The number of halogens is 4. The van der Waals surface area contributed by atoms with Gasteiger partial charge in [0, 0.05) is 24.6 Å². The van der Waals surface area contributed by atoms with Crippen molar-refractivity contribution in [2.75, 3.05) is 24.2 Å². The van der Waals surface area contributed by atoms with Gasteiger partial charge in [-0.05, 0) is 30.7 Å². The summed E-state index contributed by atoms with van der Waals surface area (Å²) in [5.74, 6) is 0. The summed E-state index contributed by atoms with van der Waals surface area (Å²) in [5.41, 5.74) is -0.401. The number of alkyl halides is 4. The summed E-state index contributed by atoms with van der Waals surface area (Å²) in [7, 11) is 1.63. The zero-order valence-corrected chi connectivity index (χ0v) is 11.9. The van der Waals surface area contributed by atoms with Gasteiger partial charge in [0.2, 0.25) is 0 Å². The molecule has 106 valence electrons. The van der Waals surface area contributed by atoms with Crippen LogP contribution < -0.4 is 5.32 Å². The normalized spacial score (nSPS) is 11.2. The van der Waals surface area contributed by atoms with E-state index in [1.165, 1.54) is 17.0 Å². The van der Waals surface area contributed by atoms with Gasteiger partial charge in [0.25, 0.3) is 0 Å². The van der Waals surface area contributed by atoms with Crippen LogP contribution >= 0.6 is 15.9 Å². The van der Waals surface area contributed by atoms with E-state index in [4.69, 9.17) is 0 Å². The van der Waals surface area contributed by atoms with E-state index in [1.807, 2.05) is 0 Å². The van der Waals surface area contributed by atoms with Crippen molar-refractivity contribution in [1.82, 2.24) is 4.90 Å². The fourth-order valence-electron chi connectivity index (χ4n) is 1.36. The zero-order chi connectivity index (χ0) is 14.5. The highest BCUT2D eigenvalue weighted by Gasteiger charge is 2.29. The topological polar surface area (TPSA) is 32.3 Å². The maximum Gasteiger partial charge on any atom is 0.416 e. The van der Waals surface area contributed by atoms with Crippen molar-refractivity contribution in [3.05, 3.63) is 29.8 Å². The van der Waals surface area contributed by atoms with Crippen LogP contribution in [0.15, 0.2) is 24.3 Å². The third-order valence-electron chi connectivity index (χ3n) is 2.44. The predicted molar refractivity (Wildman–Crippen MR) is 71.5 cm³/mol. The Kier molecular flexibility index (Phi) is 5.65. The first-order valence-corrected chi connectivity index (χ1v) is 6.72. The Morgan fingerprint density at radius 3 is 2.37 bits per heavy atom. The van der Waals surface area contributed by atoms with Gasteiger partial charge in [0.1, 0.15) is 0 Å². The van der Waals surface area contributed by atoms with E-state index in [2.05, 4.69) is 21.2 Å². The zero-order valence-electron chi connectivity index (χ0n) is 10.3. The number of urea groups is 1. The molecular formula is C12H14BrF3N2O. The molecule has 2 amide bonds. The minimum absolute atomic E-state index is 0.337. The molecule has 7 heteroatoms. The van der Waals surface area contributed by atoms with Gasteiger partial charge in [0.15, 0.2) is 0 Å². The van der Waals surface area contributed by atoms with Crippen molar-refractivity contribution in [3.63, 3.8) is 0 Å². The van der Waals surface area contributed by atoms with E-state index in [-0.39, 0.29) is 6.03 Å². The van der Waals surface area contributed by atoms with Gasteiger partial charge < -0.3 is 10.2 Å². The van der Waals surface area contributed by atoms with E-state index in [9.17, 15) is 18.0 Å². The Labute approximate surface area is 117 Å². The highest BCUT2D eigenvalue weighted by atomic mass is 79.9. The summed E-state index contributed by atoms with van der Waals surface area (Å²) in [4.78, 5) is 13.1. The minimum Gasteiger partial charge on any atom is -0.328 e. The van der Waals surface area contributed by atoms with Crippen LogP contribution in [0.2, 0.25) is 0 Å². The smallest absolute Gasteiger partial charge is 0.328 e. The maximum atomic E-state index is 12.3. The maximum absolute atomic E-state index is 12.3. The average molecular weight is 339 g/mol. The first-order valence-electron chi connectivity index (χ1n) is 5.60. The molecule has 0 atom stereocenters. The number of anilines is 1. The highest BCUT2D eigenvalue weighted by Crippen LogP contribution is 2.29. The van der Waals surface area contributed by atoms with Gasteiger partial charge in [-0.2, -0.15) is 13.2 Å². The number of rotatable bonds is 4. The van der Waals surface area contributed by atoms with Crippen LogP contribution in [0.3, 0.4) is 0 Å². The Hall–Kier alpha value is -1.24. The van der Waals surface area contributed by atoms with Crippen LogP contribution in [0.1, 0.15) is 12.0 Å². The van der Waals surface area contributed by atoms with Crippen LogP contribution in [0.5, 0.6) is 0 Å². The molecule has 0 radical (unpaired) electrons. The van der Waals surface area contributed by atoms with E-state index in [0.717, 1.165) is 23.9 Å². The number of hydrogen-bond donors (Lipinski definition) is 1. The summed E-state index contributed by atoms with van der Waals surface area (Å²) in [6.07, 6.45) is -3.56. The van der Waals surface area contributed by atoms with Crippen LogP contribution in [0, 0.1) is 0 Å². The second-order valence-electron chi connectivity index (χ2n) is 3.97. The predicted octanol–water partition coefficient (Wildman–Crippen LogP) is 3.95. The van der Waals surface area contributed by atoms with Crippen molar-refractivity contribution in [1.29, 1.82) is 0 Å². The van der Waals surface area contributed by atoms with Gasteiger partial charge in [-0.1, -0.05) is 15.9 Å². The monoisotopic (exact) mass is 338 g/mol. The number of hydrogen-bond acceptors (Lipinski definition) is 1. The summed E-state index contributed by atoms with van der Waals surface area (Å²) in [6, 6.07) is 4.00. The molecule has 3 nitrogen and oxygen atoms in total. The van der Waals surface area contributed by atoms with Crippen molar-refractivity contribution in [2.24, 2.45) is 0 Å². The standard InChI is InChI=1S/C12H14BrF3N2O/c1-18(8-2-7-13)11(19)17-10-5-3-9(4-6-10)12(14,15)16/h3-6H,2,7-8H2,1H3,(H,17,19). The first-order chi connectivity index (χ1) is 8.84. The lowest BCUT2D eigenvalue weighted by Gasteiger charge is -2.17. The number of nitrogens with one attached hydrogen (secondary N) is 1. The summed E-state index contributed by atoms with van der Waals surface area (Å²) >= 11 is 3.26. The molecule has 0 bridgehead atoms. The molecule has 0 saturated carbocycles. The fraction of sp³-hybridized carbons (Fsp3) is 0.417. The average Bonchev–Trinajstić information content (AvgIpc) is 2.35. The van der Waals surface area contributed by atoms with E-state index in [1.54, 1.807) is 7.05 Å². The lowest BCUT2D eigenvalue weighted by Crippen LogP contribution is -2.32. The molecule has 0 unspecified atom stereocenters. The molecule has 0 aromatic heterocycles. The Bertz CT molecular complexity index is 420. The third kappa shape index (κ3) is 5.10. The third-order valence-corrected chi connectivity index (χ3v) is 3.00. The second kappa shape index (κ2) is 6.79. The van der Waals surface area contributed by atoms with Gasteiger partial charge in [-0.3, -0.25) is 0 Å². The number of nitrogens with zero attached hydrogens (tertiary/aromatic N) is 1. The Morgan fingerprint density at radius 1 is 1.32 bits per heavy atom. The number of amides is 2. The minimum atomic E-state index is -4.37. The van der Waals surface area contributed by atoms with Crippen LogP contribution in [-0.2, 0) is 6.18 Å². The number of benzene rings is 1. The lowest BCUT2D eigenvalue weighted by atomic mass is 10.2. The lowest BCUT2D eigenvalue weighted by molar-refractivity contribution is -0.137. The molecule has 0 heterocycles. The molecule has 1 rings (SSSR count). The van der Waals surface area contributed by atoms with Crippen LogP contribution in [-0.4, -0.2) is 29.9 Å². The molecule has 0 aliphatic heterocycles. The van der Waals surface area contributed by atoms with Gasteiger partial charge in [0.05, 0.1) is 5.56 Å². The molecular weight excluding hydrogens is 325 g/mol. The van der Waals surface area contributed by atoms with Crippen LogP contribution in [0.25, 0.3) is 0 Å². The first kappa shape index (κ1) is 15.8. The Balaban J connectivity index is 2.60. The SMILES string of the molecule is CN(CCCBr)C(=O)Nc1ccc(C(F)(F)F)cc1. The molecule has 0 aliphatic carbocycles. The van der Waals surface area contributed by atoms with Crippen molar-refractivity contribution in [2.45, 2.75) is 12.6 Å². The second-order valence-corrected chi connectivity index (χ2v) is 4.76. The summed E-state index contributed by atoms with van der Waals surface area (Å²) in [6.45, 7) is 0.567. The van der Waals surface area contributed by atoms with Crippen molar-refractivity contribution >= 4 is 27.6 Å². The molecule has 1 aromatic carbocycles. The molecule has 0 saturated heterocycles. The summed E-state index contributed by atoms with van der Waals surface area (Å²) in [5, 5.41) is 3.32. The van der Waals surface area contributed by atoms with E-state index < -0.39 is 11.7 Å². The van der Waals surface area contributed by atoms with Gasteiger partial charge in [-0.15, -0.1) is 0 Å². The number of carbonyl (C=O) groups is 1. The van der Waals surface area contributed by atoms with E-state index in [0.29, 0.717) is 12.2 Å². The molecule has 19 heavy (non-hydrogen) atoms. The fourth-order valence-corrected chi connectivity index (χ4v) is 1.61. The quantitative estimate of drug-likeness (QED) is 0.828. The number of carbonyl (C=O) groups excluding carboxylic acids is 1.